The molecule has 1 rings (SSSR count). The molecular formula is C12H22N2O2. The number of hydrogen-bond acceptors (Lipinski definition) is 2. The van der Waals surface area contributed by atoms with Crippen LogP contribution in [0.5, 0.6) is 0 Å². The zero-order valence-electron chi connectivity index (χ0n) is 10.3. The number of unbranched alkanes of at least 4 members (excludes halogenated alkanes) is 2. The summed E-state index contributed by atoms with van der Waals surface area (Å²) < 4.78 is 0. The van der Waals surface area contributed by atoms with Gasteiger partial charge in [-0.05, 0) is 19.3 Å². The van der Waals surface area contributed by atoms with Gasteiger partial charge in [0.05, 0.1) is 6.54 Å². The number of carbonyl (C=O) groups is 2. The second kappa shape index (κ2) is 6.51. The van der Waals surface area contributed by atoms with Crippen molar-refractivity contribution in [2.24, 2.45) is 0 Å². The first-order chi connectivity index (χ1) is 7.63. The van der Waals surface area contributed by atoms with Gasteiger partial charge in [0, 0.05) is 19.5 Å². The second-order valence-corrected chi connectivity index (χ2v) is 4.49. The van der Waals surface area contributed by atoms with E-state index in [-0.39, 0.29) is 18.4 Å². The summed E-state index contributed by atoms with van der Waals surface area (Å²) in [5, 5.41) is 2.90. The van der Waals surface area contributed by atoms with Crippen LogP contribution in [0.15, 0.2) is 0 Å². The fraction of sp³-hybridized carbons (Fsp3) is 0.833. The Morgan fingerprint density at radius 3 is 2.50 bits per heavy atom. The zero-order chi connectivity index (χ0) is 12.0. The van der Waals surface area contributed by atoms with Gasteiger partial charge in [-0.25, -0.2) is 0 Å². The van der Waals surface area contributed by atoms with Gasteiger partial charge in [0.1, 0.15) is 0 Å². The van der Waals surface area contributed by atoms with E-state index in [2.05, 4.69) is 12.2 Å². The van der Waals surface area contributed by atoms with Crippen molar-refractivity contribution in [1.82, 2.24) is 10.2 Å². The Morgan fingerprint density at radius 2 is 2.00 bits per heavy atom. The highest BCUT2D eigenvalue weighted by atomic mass is 16.2. The van der Waals surface area contributed by atoms with Crippen molar-refractivity contribution in [1.29, 1.82) is 0 Å². The molecule has 0 aromatic carbocycles. The second-order valence-electron chi connectivity index (χ2n) is 4.49. The van der Waals surface area contributed by atoms with E-state index in [1.807, 2.05) is 0 Å². The topological polar surface area (TPSA) is 49.4 Å². The Labute approximate surface area is 97.4 Å². The number of rotatable bonds is 7. The summed E-state index contributed by atoms with van der Waals surface area (Å²) in [6.07, 6.45) is 5.38. The Kier molecular flexibility index (Phi) is 5.29. The van der Waals surface area contributed by atoms with E-state index in [4.69, 9.17) is 0 Å². The lowest BCUT2D eigenvalue weighted by atomic mass is 10.2. The van der Waals surface area contributed by atoms with Gasteiger partial charge in [-0.3, -0.25) is 9.59 Å². The predicted molar refractivity (Wildman–Crippen MR) is 62.9 cm³/mol. The molecule has 0 saturated heterocycles. The summed E-state index contributed by atoms with van der Waals surface area (Å²) in [7, 11) is 0. The molecule has 0 bridgehead atoms. The highest BCUT2D eigenvalue weighted by Gasteiger charge is 2.24. The average Bonchev–Trinajstić information content (AvgIpc) is 3.00. The third-order valence-electron chi connectivity index (χ3n) is 2.75. The molecule has 1 N–H and O–H groups in total. The SMILES string of the molecule is CCCCCN(CC(=O)NC1CC1)C(C)=O. The van der Waals surface area contributed by atoms with Crippen LogP contribution in [0.1, 0.15) is 46.0 Å². The first-order valence-electron chi connectivity index (χ1n) is 6.18. The van der Waals surface area contributed by atoms with Crippen LogP contribution in [0.4, 0.5) is 0 Å². The molecule has 0 aromatic rings. The molecule has 1 aliphatic rings. The third-order valence-corrected chi connectivity index (χ3v) is 2.75. The molecule has 0 aliphatic heterocycles. The molecule has 16 heavy (non-hydrogen) atoms. The largest absolute Gasteiger partial charge is 0.352 e. The number of carbonyl (C=O) groups excluding carboxylic acids is 2. The van der Waals surface area contributed by atoms with Gasteiger partial charge < -0.3 is 10.2 Å². The normalized spacial score (nSPS) is 14.6. The van der Waals surface area contributed by atoms with E-state index in [1.165, 1.54) is 6.92 Å². The lowest BCUT2D eigenvalue weighted by Gasteiger charge is -2.20. The monoisotopic (exact) mass is 226 g/mol. The van der Waals surface area contributed by atoms with Gasteiger partial charge in [-0.2, -0.15) is 0 Å². The molecule has 0 unspecified atom stereocenters. The molecule has 92 valence electrons. The Balaban J connectivity index is 2.25. The van der Waals surface area contributed by atoms with Crippen LogP contribution in [0.2, 0.25) is 0 Å². The Morgan fingerprint density at radius 1 is 1.31 bits per heavy atom. The maximum Gasteiger partial charge on any atom is 0.239 e. The number of hydrogen-bond donors (Lipinski definition) is 1. The first kappa shape index (κ1) is 13.0. The van der Waals surface area contributed by atoms with Crippen molar-refractivity contribution in [3.63, 3.8) is 0 Å². The van der Waals surface area contributed by atoms with Crippen molar-refractivity contribution in [2.75, 3.05) is 13.1 Å². The molecule has 1 saturated carbocycles. The first-order valence-corrected chi connectivity index (χ1v) is 6.18. The average molecular weight is 226 g/mol. The molecule has 0 radical (unpaired) electrons. The van der Waals surface area contributed by atoms with Crippen LogP contribution in [-0.4, -0.2) is 35.8 Å². The van der Waals surface area contributed by atoms with Gasteiger partial charge in [0.25, 0.3) is 0 Å². The highest BCUT2D eigenvalue weighted by Crippen LogP contribution is 2.18. The maximum atomic E-state index is 11.5. The van der Waals surface area contributed by atoms with Crippen molar-refractivity contribution >= 4 is 11.8 Å². The lowest BCUT2D eigenvalue weighted by Crippen LogP contribution is -2.40. The van der Waals surface area contributed by atoms with Gasteiger partial charge in [0.2, 0.25) is 11.8 Å². The fourth-order valence-electron chi connectivity index (χ4n) is 1.57. The van der Waals surface area contributed by atoms with Crippen molar-refractivity contribution in [3.05, 3.63) is 0 Å². The number of nitrogens with zero attached hydrogens (tertiary/aromatic N) is 1. The van der Waals surface area contributed by atoms with Crippen molar-refractivity contribution in [2.45, 2.75) is 52.0 Å². The van der Waals surface area contributed by atoms with Crippen LogP contribution in [-0.2, 0) is 9.59 Å². The summed E-state index contributed by atoms with van der Waals surface area (Å²) in [4.78, 5) is 24.5. The number of nitrogens with one attached hydrogen (secondary N) is 1. The molecular weight excluding hydrogens is 204 g/mol. The summed E-state index contributed by atoms with van der Waals surface area (Å²) >= 11 is 0. The maximum absolute atomic E-state index is 11.5. The smallest absolute Gasteiger partial charge is 0.239 e. The highest BCUT2D eigenvalue weighted by molar-refractivity contribution is 5.84. The van der Waals surface area contributed by atoms with E-state index in [1.54, 1.807) is 4.90 Å². The van der Waals surface area contributed by atoms with Crippen LogP contribution in [0, 0.1) is 0 Å². The van der Waals surface area contributed by atoms with E-state index in [9.17, 15) is 9.59 Å². The summed E-state index contributed by atoms with van der Waals surface area (Å²) in [5.74, 6) is -0.0313. The van der Waals surface area contributed by atoms with Crippen LogP contribution >= 0.6 is 0 Å². The summed E-state index contributed by atoms with van der Waals surface area (Å²) in [6.45, 7) is 4.56. The molecule has 0 atom stereocenters. The van der Waals surface area contributed by atoms with Gasteiger partial charge >= 0.3 is 0 Å². The molecule has 0 spiro atoms. The predicted octanol–water partition coefficient (Wildman–Crippen LogP) is 1.30. The summed E-state index contributed by atoms with van der Waals surface area (Å²) in [5.41, 5.74) is 0. The van der Waals surface area contributed by atoms with E-state index >= 15 is 0 Å². The van der Waals surface area contributed by atoms with Gasteiger partial charge in [0.15, 0.2) is 0 Å². The lowest BCUT2D eigenvalue weighted by molar-refractivity contribution is -0.134. The quantitative estimate of drug-likeness (QED) is 0.665. The number of amides is 2. The Hall–Kier alpha value is -1.06. The van der Waals surface area contributed by atoms with Gasteiger partial charge in [-0.15, -0.1) is 0 Å². The molecule has 4 heteroatoms. The minimum Gasteiger partial charge on any atom is -0.352 e. The van der Waals surface area contributed by atoms with E-state index in [0.717, 1.165) is 32.1 Å². The third kappa shape index (κ3) is 5.14. The molecule has 1 aliphatic carbocycles. The van der Waals surface area contributed by atoms with Crippen molar-refractivity contribution < 1.29 is 9.59 Å². The van der Waals surface area contributed by atoms with Crippen LogP contribution in [0.25, 0.3) is 0 Å². The fourth-order valence-corrected chi connectivity index (χ4v) is 1.57. The van der Waals surface area contributed by atoms with Crippen LogP contribution in [0.3, 0.4) is 0 Å². The van der Waals surface area contributed by atoms with Crippen molar-refractivity contribution in [3.8, 4) is 0 Å². The van der Waals surface area contributed by atoms with Crippen LogP contribution < -0.4 is 5.32 Å². The molecule has 4 nitrogen and oxygen atoms in total. The molecule has 0 heterocycles. The molecule has 2 amide bonds. The van der Waals surface area contributed by atoms with Gasteiger partial charge in [-0.1, -0.05) is 19.8 Å². The standard InChI is InChI=1S/C12H22N2O2/c1-3-4-5-8-14(10(2)15)9-12(16)13-11-6-7-11/h11H,3-9H2,1-2H3,(H,13,16). The summed E-state index contributed by atoms with van der Waals surface area (Å²) in [6, 6.07) is 0.372. The minimum absolute atomic E-state index is 0.0120. The van der Waals surface area contributed by atoms with E-state index in [0.29, 0.717) is 12.6 Å². The molecule has 1 fully saturated rings. The Bertz CT molecular complexity index is 249. The molecule has 0 aromatic heterocycles. The van der Waals surface area contributed by atoms with E-state index < -0.39 is 0 Å². The minimum atomic E-state index is -0.0193. The zero-order valence-corrected chi connectivity index (χ0v) is 10.3.